The highest BCUT2D eigenvalue weighted by Crippen LogP contribution is 2.23. The van der Waals surface area contributed by atoms with Crippen molar-refractivity contribution >= 4 is 75.8 Å². The van der Waals surface area contributed by atoms with Crippen LogP contribution in [0.3, 0.4) is 0 Å². The second kappa shape index (κ2) is 27.7. The SMILES string of the molecule is CCCC[C@H](NC(=O)[C@H](CCC(=O)C(=O)NC)NC(=O)CNC(=O)[C@@H]1CCCN1C(C)=O)C(=O)NC(C(=O)N[C@@H](CC(C)C)C(=O)N1CCC[C@H]1C(=O)N[C@@H](Cc1c[nH]c2ccccc12)C(N)=O)[C@H](C)CC. The molecule has 2 aromatic rings. The maximum atomic E-state index is 14.4. The molecule has 4 rings (SSSR count). The van der Waals surface area contributed by atoms with Gasteiger partial charge in [-0.3, -0.25) is 52.7 Å². The van der Waals surface area contributed by atoms with Crippen LogP contribution < -0.4 is 43.0 Å². The number of unbranched alkanes of at least 4 members (excludes halogenated alkanes) is 1. The molecular weight excluding hydrogens is 931 g/mol. The largest absolute Gasteiger partial charge is 0.368 e. The summed E-state index contributed by atoms with van der Waals surface area (Å²) >= 11 is 0. The van der Waals surface area contributed by atoms with Gasteiger partial charge in [0.1, 0.15) is 42.3 Å². The van der Waals surface area contributed by atoms with Crippen molar-refractivity contribution in [2.45, 2.75) is 161 Å². The van der Waals surface area contributed by atoms with Crippen LogP contribution >= 0.6 is 0 Å². The van der Waals surface area contributed by atoms with Crippen molar-refractivity contribution in [3.8, 4) is 0 Å². The highest BCUT2D eigenvalue weighted by Gasteiger charge is 2.41. The summed E-state index contributed by atoms with van der Waals surface area (Å²) in [7, 11) is 1.26. The molecule has 0 radical (unpaired) electrons. The van der Waals surface area contributed by atoms with Crippen LogP contribution in [-0.4, -0.2) is 149 Å². The molecule has 0 bridgehead atoms. The molecule has 22 heteroatoms. The second-order valence-corrected chi connectivity index (χ2v) is 19.2. The number of nitrogens with one attached hydrogen (secondary N) is 8. The topological polar surface area (TPSA) is 320 Å². The lowest BCUT2D eigenvalue weighted by molar-refractivity contribution is -0.143. The Balaban J connectivity index is 1.48. The van der Waals surface area contributed by atoms with Crippen LogP contribution in [0.2, 0.25) is 0 Å². The van der Waals surface area contributed by atoms with Crippen LogP contribution in [0.1, 0.15) is 118 Å². The molecule has 1 aromatic carbocycles. The Morgan fingerprint density at radius 2 is 1.38 bits per heavy atom. The molecular formula is C50H75N11O11. The zero-order chi connectivity index (χ0) is 53.2. The Hall–Kier alpha value is -6.87. The normalized spacial score (nSPS) is 17.9. The molecule has 1 unspecified atom stereocenters. The van der Waals surface area contributed by atoms with E-state index in [2.05, 4.69) is 42.2 Å². The number of hydrogen-bond donors (Lipinski definition) is 9. The predicted molar refractivity (Wildman–Crippen MR) is 266 cm³/mol. The van der Waals surface area contributed by atoms with Gasteiger partial charge in [0.25, 0.3) is 5.91 Å². The number of fused-ring (bicyclic) bond motifs is 1. The van der Waals surface area contributed by atoms with Crippen molar-refractivity contribution in [3.05, 3.63) is 36.0 Å². The number of carbonyl (C=O) groups is 11. The van der Waals surface area contributed by atoms with E-state index >= 15 is 0 Å². The number of aromatic amines is 1. The van der Waals surface area contributed by atoms with Gasteiger partial charge in [0.15, 0.2) is 0 Å². The van der Waals surface area contributed by atoms with E-state index in [-0.39, 0.29) is 44.1 Å². The number of primary amides is 1. The van der Waals surface area contributed by atoms with Crippen molar-refractivity contribution in [2.24, 2.45) is 17.6 Å². The number of ketones is 1. The smallest absolute Gasteiger partial charge is 0.287 e. The lowest BCUT2D eigenvalue weighted by atomic mass is 9.95. The molecule has 10 N–H and O–H groups in total. The van der Waals surface area contributed by atoms with Gasteiger partial charge in [-0.25, -0.2) is 0 Å². The number of carbonyl (C=O) groups excluding carboxylic acids is 11. The zero-order valence-corrected chi connectivity index (χ0v) is 42.7. The van der Waals surface area contributed by atoms with Gasteiger partial charge < -0.3 is 57.7 Å². The molecule has 72 heavy (non-hydrogen) atoms. The summed E-state index contributed by atoms with van der Waals surface area (Å²) in [6.07, 6.45) is 4.65. The third-order valence-corrected chi connectivity index (χ3v) is 13.4. The molecule has 396 valence electrons. The fourth-order valence-electron chi connectivity index (χ4n) is 9.12. The van der Waals surface area contributed by atoms with E-state index in [4.69, 9.17) is 5.73 Å². The molecule has 22 nitrogen and oxygen atoms in total. The Bertz CT molecular complexity index is 2300. The lowest BCUT2D eigenvalue weighted by Crippen LogP contribution is -2.61. The first-order valence-corrected chi connectivity index (χ1v) is 25.2. The fraction of sp³-hybridized carbons (Fsp3) is 0.620. The van der Waals surface area contributed by atoms with Gasteiger partial charge in [0.05, 0.1) is 6.54 Å². The molecule has 1 aromatic heterocycles. The number of benzene rings is 1. The Morgan fingerprint density at radius 3 is 2.00 bits per heavy atom. The summed E-state index contributed by atoms with van der Waals surface area (Å²) < 4.78 is 0. The summed E-state index contributed by atoms with van der Waals surface area (Å²) in [4.78, 5) is 152. The monoisotopic (exact) mass is 1010 g/mol. The van der Waals surface area contributed by atoms with Crippen molar-refractivity contribution < 1.29 is 52.7 Å². The van der Waals surface area contributed by atoms with Gasteiger partial charge in [0, 0.05) is 57.0 Å². The Morgan fingerprint density at radius 1 is 0.750 bits per heavy atom. The molecule has 0 spiro atoms. The van der Waals surface area contributed by atoms with Gasteiger partial charge in [-0.1, -0.05) is 72.1 Å². The van der Waals surface area contributed by atoms with Crippen LogP contribution in [0, 0.1) is 11.8 Å². The average Bonchev–Trinajstić information content (AvgIpc) is 4.15. The quantitative estimate of drug-likeness (QED) is 0.0542. The van der Waals surface area contributed by atoms with E-state index in [0.29, 0.717) is 51.5 Å². The molecule has 0 saturated carbocycles. The summed E-state index contributed by atoms with van der Waals surface area (Å²) in [6.45, 7) is 10.6. The molecule has 2 aliphatic rings. The standard InChI is InChI=1S/C50H75N11O11/c1-8-10-16-34(56-44(66)35(20-21-40(63)48(70)52-7)55-41(64)27-54-46(68)38-18-13-22-60(38)30(6)62)45(67)59-42(29(5)9-2)49(71)58-37(24-28(3)4)50(72)61-23-14-19-39(61)47(69)57-36(43(51)65)25-31-26-53-33-17-12-11-15-32(31)33/h11-12,15,17,26,28-29,34-39,42,53H,8-10,13-14,16,18-25,27H2,1-7H3,(H2,51,65)(H,52,70)(H,54,68)(H,55,64)(H,56,66)(H,57,69)(H,58,71)(H,59,67)/t29-,34+,35+,36+,37+,38+,39+,42?/m1/s1. The molecule has 2 saturated heterocycles. The number of Topliss-reactive ketones (excluding diaryl/α,β-unsaturated/α-hetero) is 1. The van der Waals surface area contributed by atoms with Crippen molar-refractivity contribution in [2.75, 3.05) is 26.7 Å². The third kappa shape index (κ3) is 16.1. The van der Waals surface area contributed by atoms with Gasteiger partial charge >= 0.3 is 0 Å². The van der Waals surface area contributed by atoms with Gasteiger partial charge in [-0.2, -0.15) is 0 Å². The maximum absolute atomic E-state index is 14.4. The number of para-hydroxylation sites is 1. The lowest BCUT2D eigenvalue weighted by Gasteiger charge is -2.32. The minimum atomic E-state index is -1.45. The average molecular weight is 1010 g/mol. The highest BCUT2D eigenvalue weighted by molar-refractivity contribution is 6.36. The molecule has 8 atom stereocenters. The Kier molecular flexibility index (Phi) is 22.2. The van der Waals surface area contributed by atoms with Crippen LogP contribution in [0.15, 0.2) is 30.5 Å². The first-order chi connectivity index (χ1) is 34.2. The van der Waals surface area contributed by atoms with E-state index in [0.717, 1.165) is 16.5 Å². The van der Waals surface area contributed by atoms with Crippen LogP contribution in [0.4, 0.5) is 0 Å². The summed E-state index contributed by atoms with van der Waals surface area (Å²) in [5.41, 5.74) is 7.40. The number of likely N-dealkylation sites (tertiary alicyclic amines) is 2. The number of H-pyrrole nitrogens is 1. The number of rotatable bonds is 27. The number of aromatic nitrogens is 1. The first-order valence-electron chi connectivity index (χ1n) is 25.2. The van der Waals surface area contributed by atoms with Crippen LogP contribution in [0.5, 0.6) is 0 Å². The maximum Gasteiger partial charge on any atom is 0.287 e. The highest BCUT2D eigenvalue weighted by atomic mass is 16.2. The number of hydrogen-bond acceptors (Lipinski definition) is 11. The van der Waals surface area contributed by atoms with Crippen molar-refractivity contribution in [1.29, 1.82) is 0 Å². The van der Waals surface area contributed by atoms with E-state index in [1.165, 1.54) is 23.8 Å². The molecule has 3 heterocycles. The summed E-state index contributed by atoms with van der Waals surface area (Å²) in [5, 5.41) is 19.1. The third-order valence-electron chi connectivity index (χ3n) is 13.4. The fourth-order valence-corrected chi connectivity index (χ4v) is 9.12. The van der Waals surface area contributed by atoms with Gasteiger partial charge in [0.2, 0.25) is 58.9 Å². The van der Waals surface area contributed by atoms with E-state index in [1.54, 1.807) is 13.1 Å². The van der Waals surface area contributed by atoms with E-state index in [1.807, 2.05) is 52.0 Å². The zero-order valence-electron chi connectivity index (χ0n) is 42.7. The molecule has 2 aliphatic heterocycles. The van der Waals surface area contributed by atoms with E-state index in [9.17, 15) is 52.7 Å². The number of likely N-dealkylation sites (N-methyl/N-ethyl adjacent to an activating group) is 1. The number of amides is 10. The number of nitrogens with zero attached hydrogens (tertiary/aromatic N) is 2. The minimum Gasteiger partial charge on any atom is -0.368 e. The predicted octanol–water partition coefficient (Wildman–Crippen LogP) is 0.115. The van der Waals surface area contributed by atoms with Gasteiger partial charge in [-0.05, 0) is 68.4 Å². The van der Waals surface area contributed by atoms with Crippen LogP contribution in [-0.2, 0) is 59.2 Å². The molecule has 10 amide bonds. The Labute approximate surface area is 420 Å². The minimum absolute atomic E-state index is 0.101. The summed E-state index contributed by atoms with van der Waals surface area (Å²) in [6, 6.07) is -0.284. The van der Waals surface area contributed by atoms with Crippen LogP contribution in [0.25, 0.3) is 10.9 Å². The van der Waals surface area contributed by atoms with Gasteiger partial charge in [-0.15, -0.1) is 0 Å². The van der Waals surface area contributed by atoms with Crippen molar-refractivity contribution in [3.63, 3.8) is 0 Å². The first kappa shape index (κ1) is 57.7. The summed E-state index contributed by atoms with van der Waals surface area (Å²) in [5.74, 6) is -8.10. The van der Waals surface area contributed by atoms with E-state index < -0.39 is 120 Å². The second-order valence-electron chi connectivity index (χ2n) is 19.2. The molecule has 0 aliphatic carbocycles. The number of nitrogens with two attached hydrogens (primary N) is 1. The van der Waals surface area contributed by atoms with Crippen molar-refractivity contribution in [1.82, 2.24) is 52.0 Å². The molecule has 2 fully saturated rings.